The van der Waals surface area contributed by atoms with Gasteiger partial charge in [-0.3, -0.25) is 0 Å². The molecule has 0 atom stereocenters. The standard InChI is InChI=1S/C2H9BO3S/c1-5-7(3,4)6-2/h7H,3H2,1-2H3. The molecule has 44 valence electrons. The number of hydrogen-bond donors (Lipinski definition) is 1. The van der Waals surface area contributed by atoms with Gasteiger partial charge in [0.25, 0.3) is 0 Å². The lowest BCUT2D eigenvalue weighted by Crippen LogP contribution is -2.14. The molecule has 0 aliphatic carbocycles. The van der Waals surface area contributed by atoms with E-state index < -0.39 is 10.3 Å². The van der Waals surface area contributed by atoms with E-state index in [1.54, 1.807) is 0 Å². The van der Waals surface area contributed by atoms with Crippen LogP contribution >= 0.6 is 0 Å². The van der Waals surface area contributed by atoms with Crippen molar-refractivity contribution in [3.8, 4) is 0 Å². The number of thiol groups is 1. The highest BCUT2D eigenvalue weighted by Crippen LogP contribution is 1.95. The highest BCUT2D eigenvalue weighted by Gasteiger charge is 1.98. The molecular formula is C2H9BO3S. The summed E-state index contributed by atoms with van der Waals surface area (Å²) < 4.78 is 19.3. The molecule has 5 heteroatoms. The zero-order valence-electron chi connectivity index (χ0n) is 4.67. The molecule has 0 aromatic carbocycles. The fourth-order valence-electron chi connectivity index (χ4n) is 0.0745. The molecule has 0 aliphatic rings. The first-order valence-corrected chi connectivity index (χ1v) is 3.80. The van der Waals surface area contributed by atoms with E-state index in [1.165, 1.54) is 21.3 Å². The summed E-state index contributed by atoms with van der Waals surface area (Å²) in [4.78, 5) is 0. The summed E-state index contributed by atoms with van der Waals surface area (Å²) in [6.07, 6.45) is 0. The molecule has 0 radical (unpaired) electrons. The molecule has 0 spiro atoms. The maximum absolute atomic E-state index is 10.5. The molecular weight excluding hydrogens is 115 g/mol. The first-order valence-electron chi connectivity index (χ1n) is 1.81. The van der Waals surface area contributed by atoms with Crippen molar-refractivity contribution in [2.24, 2.45) is 0 Å². The third-order valence-electron chi connectivity index (χ3n) is 0.663. The molecule has 0 unspecified atom stereocenters. The topological polar surface area (TPSA) is 35.5 Å². The van der Waals surface area contributed by atoms with Crippen molar-refractivity contribution < 1.29 is 12.6 Å². The number of hydrogen-bond acceptors (Lipinski definition) is 3. The summed E-state index contributed by atoms with van der Waals surface area (Å²) in [6, 6.07) is 0. The molecule has 0 saturated heterocycles. The first kappa shape index (κ1) is 7.13. The van der Waals surface area contributed by atoms with Gasteiger partial charge in [0.15, 0.2) is 0 Å². The Morgan fingerprint density at radius 1 is 1.43 bits per heavy atom. The Morgan fingerprint density at radius 2 is 1.71 bits per heavy atom. The van der Waals surface area contributed by atoms with Crippen LogP contribution in [0.4, 0.5) is 0 Å². The van der Waals surface area contributed by atoms with Crippen molar-refractivity contribution in [2.75, 3.05) is 14.2 Å². The Hall–Kier alpha value is 0.135. The normalized spacial score (nSPS) is 14.0. The van der Waals surface area contributed by atoms with Crippen LogP contribution < -0.4 is 0 Å². The average Bonchev–Trinajstić information content (AvgIpc) is 1.68. The van der Waals surface area contributed by atoms with Crippen LogP contribution in [0.1, 0.15) is 0 Å². The van der Waals surface area contributed by atoms with Crippen molar-refractivity contribution in [1.82, 2.24) is 0 Å². The van der Waals surface area contributed by atoms with Crippen LogP contribution in [0.25, 0.3) is 0 Å². The lowest BCUT2D eigenvalue weighted by Gasteiger charge is -2.12. The lowest BCUT2D eigenvalue weighted by molar-refractivity contribution is 0.326. The van der Waals surface area contributed by atoms with Gasteiger partial charge in [0.05, 0.1) is 14.2 Å². The van der Waals surface area contributed by atoms with E-state index >= 15 is 0 Å². The van der Waals surface area contributed by atoms with Crippen LogP contribution in [-0.2, 0) is 18.7 Å². The molecule has 0 fully saturated rings. The SMILES string of the molecule is B[SH](=O)(OC)OC. The van der Waals surface area contributed by atoms with E-state index in [2.05, 4.69) is 8.37 Å². The second-order valence-electron chi connectivity index (χ2n) is 1.14. The first-order chi connectivity index (χ1) is 3.12. The number of rotatable bonds is 2. The van der Waals surface area contributed by atoms with E-state index in [0.29, 0.717) is 0 Å². The second-order valence-corrected chi connectivity index (χ2v) is 3.41. The lowest BCUT2D eigenvalue weighted by atomic mass is 10.8. The fourth-order valence-corrected chi connectivity index (χ4v) is 0.224. The Labute approximate surface area is 45.1 Å². The minimum Gasteiger partial charge on any atom is -0.306 e. The average molecular weight is 124 g/mol. The fraction of sp³-hybridized carbons (Fsp3) is 1.00. The summed E-state index contributed by atoms with van der Waals surface area (Å²) in [5.74, 6) is 0. The summed E-state index contributed by atoms with van der Waals surface area (Å²) >= 11 is 0. The third kappa shape index (κ3) is 2.79. The van der Waals surface area contributed by atoms with E-state index in [0.717, 1.165) is 0 Å². The second kappa shape index (κ2) is 2.44. The third-order valence-corrected chi connectivity index (χ3v) is 1.99. The van der Waals surface area contributed by atoms with Crippen LogP contribution in [0.3, 0.4) is 0 Å². The van der Waals surface area contributed by atoms with Crippen molar-refractivity contribution in [3.63, 3.8) is 0 Å². The Morgan fingerprint density at radius 3 is 1.71 bits per heavy atom. The van der Waals surface area contributed by atoms with Crippen LogP contribution in [0, 0.1) is 0 Å². The van der Waals surface area contributed by atoms with Gasteiger partial charge in [-0.2, -0.15) is 0 Å². The van der Waals surface area contributed by atoms with Crippen molar-refractivity contribution in [1.29, 1.82) is 0 Å². The maximum atomic E-state index is 10.5. The van der Waals surface area contributed by atoms with Gasteiger partial charge in [-0.25, -0.2) is 4.21 Å². The van der Waals surface area contributed by atoms with Crippen LogP contribution in [0.2, 0.25) is 0 Å². The molecule has 0 amide bonds. The predicted octanol–water partition coefficient (Wildman–Crippen LogP) is -1.33. The summed E-state index contributed by atoms with van der Waals surface area (Å²) in [5.41, 5.74) is 0. The van der Waals surface area contributed by atoms with Crippen molar-refractivity contribution >= 4 is 17.5 Å². The van der Waals surface area contributed by atoms with E-state index in [1.807, 2.05) is 0 Å². The monoisotopic (exact) mass is 124 g/mol. The van der Waals surface area contributed by atoms with Gasteiger partial charge in [0, 0.05) is 10.3 Å². The van der Waals surface area contributed by atoms with Gasteiger partial charge in [0.2, 0.25) is 7.12 Å². The van der Waals surface area contributed by atoms with Crippen molar-refractivity contribution in [3.05, 3.63) is 0 Å². The van der Waals surface area contributed by atoms with Gasteiger partial charge >= 0.3 is 0 Å². The highest BCUT2D eigenvalue weighted by atomic mass is 32.3. The smallest absolute Gasteiger partial charge is 0.249 e. The van der Waals surface area contributed by atoms with Crippen LogP contribution in [0.5, 0.6) is 0 Å². The summed E-state index contributed by atoms with van der Waals surface area (Å²) in [7, 11) is 1.46. The molecule has 0 aromatic heterocycles. The van der Waals surface area contributed by atoms with Crippen LogP contribution in [0.15, 0.2) is 0 Å². The molecule has 3 nitrogen and oxygen atoms in total. The molecule has 0 saturated carbocycles. The van der Waals surface area contributed by atoms with Crippen molar-refractivity contribution in [2.45, 2.75) is 0 Å². The largest absolute Gasteiger partial charge is 0.306 e. The quantitative estimate of drug-likeness (QED) is 0.366. The molecule has 0 aromatic rings. The summed E-state index contributed by atoms with van der Waals surface area (Å²) in [6.45, 7) is 0. The molecule has 0 N–H and O–H groups in total. The van der Waals surface area contributed by atoms with Gasteiger partial charge in [-0.15, -0.1) is 0 Å². The Bertz CT molecular complexity index is 84.9. The molecule has 0 bridgehead atoms. The van der Waals surface area contributed by atoms with E-state index in [4.69, 9.17) is 0 Å². The van der Waals surface area contributed by atoms with Gasteiger partial charge in [-0.05, 0) is 0 Å². The van der Waals surface area contributed by atoms with Gasteiger partial charge in [-0.1, -0.05) is 0 Å². The zero-order valence-corrected chi connectivity index (χ0v) is 5.57. The van der Waals surface area contributed by atoms with E-state index in [9.17, 15) is 4.21 Å². The highest BCUT2D eigenvalue weighted by molar-refractivity contribution is 8.14. The summed E-state index contributed by atoms with van der Waals surface area (Å²) in [5, 5.41) is 0. The molecule has 0 aliphatic heterocycles. The minimum absolute atomic E-state index is 1.35. The maximum Gasteiger partial charge on any atom is 0.249 e. The molecule has 7 heavy (non-hydrogen) atoms. The molecule has 0 heterocycles. The zero-order chi connectivity index (χ0) is 5.91. The van der Waals surface area contributed by atoms with Crippen LogP contribution in [-0.4, -0.2) is 25.6 Å². The van der Waals surface area contributed by atoms with Gasteiger partial charge < -0.3 is 8.37 Å². The predicted molar refractivity (Wildman–Crippen MR) is 32.1 cm³/mol. The van der Waals surface area contributed by atoms with Gasteiger partial charge in [0.1, 0.15) is 0 Å². The van der Waals surface area contributed by atoms with E-state index in [-0.39, 0.29) is 0 Å². The Kier molecular flexibility index (Phi) is 2.49. The Balaban J connectivity index is 3.61. The molecule has 0 rings (SSSR count). The minimum atomic E-state index is -2.65.